The van der Waals surface area contributed by atoms with E-state index in [0.29, 0.717) is 0 Å². The summed E-state index contributed by atoms with van der Waals surface area (Å²) in [7, 11) is 0. The van der Waals surface area contributed by atoms with Gasteiger partial charge in [-0.15, -0.1) is 0 Å². The third-order valence-electron chi connectivity index (χ3n) is 1.64. The van der Waals surface area contributed by atoms with Crippen LogP contribution in [-0.4, -0.2) is 15.8 Å². The summed E-state index contributed by atoms with van der Waals surface area (Å²) in [4.78, 5) is 10.7. The van der Waals surface area contributed by atoms with Gasteiger partial charge in [0.2, 0.25) is 0 Å². The van der Waals surface area contributed by atoms with E-state index in [1.807, 2.05) is 24.3 Å². The summed E-state index contributed by atoms with van der Waals surface area (Å²) in [5, 5.41) is 4.87. The van der Waals surface area contributed by atoms with Gasteiger partial charge in [0, 0.05) is 11.6 Å². The Labute approximate surface area is 68.6 Å². The van der Waals surface area contributed by atoms with Gasteiger partial charge in [-0.25, -0.2) is 4.79 Å². The summed E-state index contributed by atoms with van der Waals surface area (Å²) in [6, 6.07) is 6.89. The molecule has 0 aliphatic carbocycles. The van der Waals surface area contributed by atoms with Crippen molar-refractivity contribution < 1.29 is 4.79 Å². The first-order valence-electron chi connectivity index (χ1n) is 3.51. The van der Waals surface area contributed by atoms with Gasteiger partial charge in [-0.05, 0) is 6.07 Å². The molecule has 60 valence electrons. The summed E-state index contributed by atoms with van der Waals surface area (Å²) in [6.07, 6.45) is 1.61. The van der Waals surface area contributed by atoms with Crippen LogP contribution in [0.2, 0.25) is 0 Å². The van der Waals surface area contributed by atoms with Crippen LogP contribution in [0.5, 0.6) is 0 Å². The van der Waals surface area contributed by atoms with Gasteiger partial charge in [0.1, 0.15) is 0 Å². The molecular weight excluding hydrogens is 154 g/mol. The molecule has 0 radical (unpaired) electrons. The molecule has 0 saturated heterocycles. The van der Waals surface area contributed by atoms with Crippen LogP contribution >= 0.6 is 0 Å². The lowest BCUT2D eigenvalue weighted by atomic mass is 10.3. The molecule has 1 heterocycles. The number of primary amides is 1. The molecule has 1 aromatic carbocycles. The van der Waals surface area contributed by atoms with Crippen molar-refractivity contribution in [1.29, 1.82) is 0 Å². The molecule has 2 rings (SSSR count). The maximum absolute atomic E-state index is 10.7. The fraction of sp³-hybridized carbons (Fsp3) is 0. The first-order valence-corrected chi connectivity index (χ1v) is 3.51. The van der Waals surface area contributed by atoms with Gasteiger partial charge >= 0.3 is 6.03 Å². The SMILES string of the molecule is NC(=O)n1cc2ccccc2n1. The zero-order valence-electron chi connectivity index (χ0n) is 6.27. The predicted molar refractivity (Wildman–Crippen MR) is 44.7 cm³/mol. The van der Waals surface area contributed by atoms with E-state index in [1.165, 1.54) is 0 Å². The number of carbonyl (C=O) groups is 1. The molecule has 0 saturated carbocycles. The summed E-state index contributed by atoms with van der Waals surface area (Å²) < 4.78 is 1.13. The Kier molecular flexibility index (Phi) is 1.33. The summed E-state index contributed by atoms with van der Waals surface area (Å²) in [6.45, 7) is 0. The van der Waals surface area contributed by atoms with Crippen LogP contribution < -0.4 is 5.73 Å². The summed E-state index contributed by atoms with van der Waals surface area (Å²) >= 11 is 0. The normalized spacial score (nSPS) is 10.3. The molecule has 4 nitrogen and oxygen atoms in total. The van der Waals surface area contributed by atoms with E-state index in [-0.39, 0.29) is 0 Å². The molecule has 0 aliphatic rings. The minimum atomic E-state index is -0.564. The zero-order valence-corrected chi connectivity index (χ0v) is 6.27. The zero-order chi connectivity index (χ0) is 8.55. The van der Waals surface area contributed by atoms with E-state index in [0.717, 1.165) is 15.6 Å². The smallest absolute Gasteiger partial charge is 0.339 e. The largest absolute Gasteiger partial charge is 0.350 e. The number of amides is 1. The van der Waals surface area contributed by atoms with Crippen LogP contribution in [0.15, 0.2) is 30.5 Å². The fourth-order valence-corrected chi connectivity index (χ4v) is 1.08. The predicted octanol–water partition coefficient (Wildman–Crippen LogP) is 0.963. The number of benzene rings is 1. The van der Waals surface area contributed by atoms with Gasteiger partial charge in [0.25, 0.3) is 0 Å². The number of carbonyl (C=O) groups excluding carboxylic acids is 1. The van der Waals surface area contributed by atoms with Gasteiger partial charge in [-0.1, -0.05) is 18.2 Å². The van der Waals surface area contributed by atoms with E-state index in [2.05, 4.69) is 5.10 Å². The highest BCUT2D eigenvalue weighted by molar-refractivity contribution is 5.83. The maximum atomic E-state index is 10.7. The number of nitrogens with zero attached hydrogens (tertiary/aromatic N) is 2. The van der Waals surface area contributed by atoms with Crippen molar-refractivity contribution in [2.45, 2.75) is 0 Å². The Morgan fingerprint density at radius 2 is 2.17 bits per heavy atom. The second-order valence-electron chi connectivity index (χ2n) is 2.47. The average Bonchev–Trinajstić information content (AvgIpc) is 2.46. The van der Waals surface area contributed by atoms with E-state index in [9.17, 15) is 4.79 Å². The van der Waals surface area contributed by atoms with Gasteiger partial charge in [0.05, 0.1) is 5.52 Å². The number of hydrogen-bond acceptors (Lipinski definition) is 2. The highest BCUT2D eigenvalue weighted by Crippen LogP contribution is 2.09. The first-order chi connectivity index (χ1) is 5.77. The lowest BCUT2D eigenvalue weighted by Crippen LogP contribution is -2.19. The van der Waals surface area contributed by atoms with Crippen molar-refractivity contribution in [2.24, 2.45) is 5.73 Å². The van der Waals surface area contributed by atoms with Crippen LogP contribution in [0.25, 0.3) is 10.9 Å². The van der Waals surface area contributed by atoms with Crippen LogP contribution in [0.3, 0.4) is 0 Å². The number of rotatable bonds is 0. The molecule has 4 heteroatoms. The van der Waals surface area contributed by atoms with Gasteiger partial charge < -0.3 is 5.73 Å². The Hall–Kier alpha value is -1.84. The minimum absolute atomic E-state index is 0.564. The number of aromatic nitrogens is 2. The lowest BCUT2D eigenvalue weighted by Gasteiger charge is -1.87. The Balaban J connectivity index is 2.70. The molecule has 1 amide bonds. The highest BCUT2D eigenvalue weighted by Gasteiger charge is 2.01. The van der Waals surface area contributed by atoms with Gasteiger partial charge in [-0.3, -0.25) is 0 Å². The van der Waals surface area contributed by atoms with Crippen LogP contribution in [0, 0.1) is 0 Å². The molecule has 0 fully saturated rings. The standard InChI is InChI=1S/C8H7N3O/c9-8(12)11-5-6-3-1-2-4-7(6)10-11/h1-5H,(H2,9,12). The quantitative estimate of drug-likeness (QED) is 0.625. The van der Waals surface area contributed by atoms with E-state index in [1.54, 1.807) is 6.20 Å². The molecule has 12 heavy (non-hydrogen) atoms. The molecule has 0 spiro atoms. The molecule has 2 N–H and O–H groups in total. The molecule has 1 aromatic heterocycles. The second-order valence-corrected chi connectivity index (χ2v) is 2.47. The van der Waals surface area contributed by atoms with Crippen molar-refractivity contribution in [2.75, 3.05) is 0 Å². The van der Waals surface area contributed by atoms with Crippen molar-refractivity contribution in [3.63, 3.8) is 0 Å². The fourth-order valence-electron chi connectivity index (χ4n) is 1.08. The number of hydrogen-bond donors (Lipinski definition) is 1. The van der Waals surface area contributed by atoms with Crippen molar-refractivity contribution in [3.8, 4) is 0 Å². The number of nitrogens with two attached hydrogens (primary N) is 1. The molecule has 0 aliphatic heterocycles. The molecule has 2 aromatic rings. The van der Waals surface area contributed by atoms with Crippen molar-refractivity contribution in [3.05, 3.63) is 30.5 Å². The summed E-state index contributed by atoms with van der Waals surface area (Å²) in [5.74, 6) is 0. The summed E-state index contributed by atoms with van der Waals surface area (Å²) in [5.41, 5.74) is 5.81. The molecule has 0 unspecified atom stereocenters. The van der Waals surface area contributed by atoms with Crippen molar-refractivity contribution >= 4 is 16.9 Å². The lowest BCUT2D eigenvalue weighted by molar-refractivity contribution is 0.248. The monoisotopic (exact) mass is 161 g/mol. The van der Waals surface area contributed by atoms with E-state index < -0.39 is 6.03 Å². The Morgan fingerprint density at radius 1 is 1.42 bits per heavy atom. The minimum Gasteiger partial charge on any atom is -0.350 e. The highest BCUT2D eigenvalue weighted by atomic mass is 16.2. The van der Waals surface area contributed by atoms with Crippen molar-refractivity contribution in [1.82, 2.24) is 9.78 Å². The molecule has 0 bridgehead atoms. The van der Waals surface area contributed by atoms with E-state index in [4.69, 9.17) is 5.73 Å². The third-order valence-corrected chi connectivity index (χ3v) is 1.64. The molecule has 0 atom stereocenters. The second kappa shape index (κ2) is 2.34. The van der Waals surface area contributed by atoms with Gasteiger partial charge in [0.15, 0.2) is 0 Å². The average molecular weight is 161 g/mol. The van der Waals surface area contributed by atoms with E-state index >= 15 is 0 Å². The number of fused-ring (bicyclic) bond motifs is 1. The van der Waals surface area contributed by atoms with Crippen LogP contribution in [0.1, 0.15) is 0 Å². The molecular formula is C8H7N3O. The Morgan fingerprint density at radius 3 is 2.83 bits per heavy atom. The third kappa shape index (κ3) is 0.934. The van der Waals surface area contributed by atoms with Gasteiger partial charge in [-0.2, -0.15) is 9.78 Å². The van der Waals surface area contributed by atoms with Crippen LogP contribution in [-0.2, 0) is 0 Å². The topological polar surface area (TPSA) is 60.9 Å². The van der Waals surface area contributed by atoms with Crippen LogP contribution in [0.4, 0.5) is 4.79 Å². The Bertz CT molecular complexity index is 400. The maximum Gasteiger partial charge on any atom is 0.339 e. The first kappa shape index (κ1) is 6.84.